The number of imidazole rings is 1. The van der Waals surface area contributed by atoms with Crippen LogP contribution in [0.4, 0.5) is 0 Å². The maximum absolute atomic E-state index is 11.1. The first kappa shape index (κ1) is 22.7. The van der Waals surface area contributed by atoms with Crippen molar-refractivity contribution in [2.24, 2.45) is 5.92 Å². The average Bonchev–Trinajstić information content (AvgIpc) is 3.45. The average molecular weight is 494 g/mol. The number of benzene rings is 2. The first-order chi connectivity index (χ1) is 16.5. The second-order valence-corrected chi connectivity index (χ2v) is 9.87. The summed E-state index contributed by atoms with van der Waals surface area (Å²) in [6.07, 6.45) is 4.76. The number of ether oxygens (including phenoxy) is 1. The van der Waals surface area contributed by atoms with Crippen LogP contribution in [0.2, 0.25) is 5.02 Å². The summed E-state index contributed by atoms with van der Waals surface area (Å²) in [5.74, 6) is 0.391. The normalized spacial score (nSPS) is 14.2. The van der Waals surface area contributed by atoms with Crippen LogP contribution < -0.4 is 4.74 Å². The van der Waals surface area contributed by atoms with Gasteiger partial charge in [-0.05, 0) is 48.4 Å². The predicted octanol–water partition coefficient (Wildman–Crippen LogP) is 6.13. The first-order valence-corrected chi connectivity index (χ1v) is 12.3. The van der Waals surface area contributed by atoms with Gasteiger partial charge in [0.1, 0.15) is 22.8 Å². The molecule has 1 fully saturated rings. The number of aromatic nitrogens is 2. The van der Waals surface area contributed by atoms with Crippen molar-refractivity contribution in [1.29, 1.82) is 0 Å². The molecule has 174 valence electrons. The summed E-state index contributed by atoms with van der Waals surface area (Å²) in [6, 6.07) is 17.5. The Morgan fingerprint density at radius 3 is 2.71 bits per heavy atom. The summed E-state index contributed by atoms with van der Waals surface area (Å²) in [7, 11) is 0. The molecular formula is C26H24ClN3O3S. The number of carboxylic acids is 1. The van der Waals surface area contributed by atoms with Crippen molar-refractivity contribution in [3.63, 3.8) is 0 Å². The highest BCUT2D eigenvalue weighted by Gasteiger charge is 2.32. The molecule has 0 unspecified atom stereocenters. The molecular weight excluding hydrogens is 470 g/mol. The Balaban J connectivity index is 1.32. The summed E-state index contributed by atoms with van der Waals surface area (Å²) in [5, 5.41) is 10.8. The zero-order valence-electron chi connectivity index (χ0n) is 18.6. The van der Waals surface area contributed by atoms with Crippen LogP contribution in [0.5, 0.6) is 11.5 Å². The van der Waals surface area contributed by atoms with E-state index in [1.54, 1.807) is 11.3 Å². The van der Waals surface area contributed by atoms with Crippen molar-refractivity contribution >= 4 is 28.9 Å². The fourth-order valence-electron chi connectivity index (χ4n) is 4.04. The highest BCUT2D eigenvalue weighted by Crippen LogP contribution is 2.34. The molecule has 0 radical (unpaired) electrons. The second-order valence-electron chi connectivity index (χ2n) is 8.35. The maximum atomic E-state index is 11.1. The Kier molecular flexibility index (Phi) is 6.41. The fourth-order valence-corrected chi connectivity index (χ4v) is 5.50. The van der Waals surface area contributed by atoms with Gasteiger partial charge in [-0.25, -0.2) is 4.98 Å². The summed E-state index contributed by atoms with van der Waals surface area (Å²) in [5.41, 5.74) is 3.00. The summed E-state index contributed by atoms with van der Waals surface area (Å²) < 4.78 is 7.94. The Labute approximate surface area is 207 Å². The SMILES string of the molecule is CCc1cc(CN2CC(C(=O)O)C2)sc1-n1cnc(-c2ccc(Oc3ccccc3)c(Cl)c2)c1. The third-order valence-corrected chi connectivity index (χ3v) is 7.39. The standard InChI is InChI=1S/C26H24ClN3O3S/c1-2-17-10-21(14-29-12-19(13-29)26(31)32)34-25(17)30-15-23(28-16-30)18-8-9-24(22(27)11-18)33-20-6-4-3-5-7-20/h3-11,15-16,19H,2,12-14H2,1H3,(H,31,32). The zero-order valence-corrected chi connectivity index (χ0v) is 20.2. The van der Waals surface area contributed by atoms with Crippen molar-refractivity contribution in [3.05, 3.63) is 82.6 Å². The predicted molar refractivity (Wildman–Crippen MR) is 134 cm³/mol. The molecule has 34 heavy (non-hydrogen) atoms. The smallest absolute Gasteiger partial charge is 0.309 e. The number of halogens is 1. The lowest BCUT2D eigenvalue weighted by molar-refractivity contribution is -0.147. The molecule has 2 aromatic heterocycles. The van der Waals surface area contributed by atoms with Gasteiger partial charge in [0.2, 0.25) is 0 Å². The summed E-state index contributed by atoms with van der Waals surface area (Å²) in [4.78, 5) is 19.1. The highest BCUT2D eigenvalue weighted by molar-refractivity contribution is 7.14. The molecule has 8 heteroatoms. The molecule has 0 atom stereocenters. The molecule has 2 aromatic carbocycles. The summed E-state index contributed by atoms with van der Waals surface area (Å²) in [6.45, 7) is 4.15. The lowest BCUT2D eigenvalue weighted by Crippen LogP contribution is -2.49. The molecule has 6 nitrogen and oxygen atoms in total. The van der Waals surface area contributed by atoms with Crippen molar-refractivity contribution in [2.45, 2.75) is 19.9 Å². The van der Waals surface area contributed by atoms with Crippen LogP contribution in [0.3, 0.4) is 0 Å². The number of carboxylic acid groups (broad SMARTS) is 1. The van der Waals surface area contributed by atoms with Gasteiger partial charge in [-0.2, -0.15) is 0 Å². The maximum Gasteiger partial charge on any atom is 0.309 e. The molecule has 0 aliphatic carbocycles. The van der Waals surface area contributed by atoms with Gasteiger partial charge in [0.05, 0.1) is 16.6 Å². The molecule has 1 aliphatic heterocycles. The van der Waals surface area contributed by atoms with Gasteiger partial charge in [-0.15, -0.1) is 11.3 Å². The van der Waals surface area contributed by atoms with E-state index in [9.17, 15) is 4.79 Å². The fraction of sp³-hybridized carbons (Fsp3) is 0.231. The first-order valence-electron chi connectivity index (χ1n) is 11.1. The van der Waals surface area contributed by atoms with Crippen LogP contribution in [0, 0.1) is 5.92 Å². The third kappa shape index (κ3) is 4.73. The van der Waals surface area contributed by atoms with Crippen molar-refractivity contribution in [2.75, 3.05) is 13.1 Å². The number of rotatable bonds is 8. The Bertz CT molecular complexity index is 1310. The molecule has 0 saturated carbocycles. The van der Waals surface area contributed by atoms with E-state index >= 15 is 0 Å². The van der Waals surface area contributed by atoms with E-state index in [-0.39, 0.29) is 5.92 Å². The van der Waals surface area contributed by atoms with Crippen LogP contribution >= 0.6 is 22.9 Å². The van der Waals surface area contributed by atoms with Gasteiger partial charge in [-0.3, -0.25) is 14.3 Å². The molecule has 1 N–H and O–H groups in total. The van der Waals surface area contributed by atoms with Crippen LogP contribution in [0.1, 0.15) is 17.4 Å². The third-order valence-electron chi connectivity index (χ3n) is 5.92. The van der Waals surface area contributed by atoms with Gasteiger partial charge >= 0.3 is 5.97 Å². The Morgan fingerprint density at radius 1 is 1.21 bits per heavy atom. The number of nitrogens with zero attached hydrogens (tertiary/aromatic N) is 3. The molecule has 3 heterocycles. The lowest BCUT2D eigenvalue weighted by atomic mass is 10.0. The minimum absolute atomic E-state index is 0.238. The number of aryl methyl sites for hydroxylation is 1. The van der Waals surface area contributed by atoms with E-state index in [0.29, 0.717) is 23.9 Å². The number of aliphatic carboxylic acids is 1. The zero-order chi connectivity index (χ0) is 23.7. The van der Waals surface area contributed by atoms with Gasteiger partial charge < -0.3 is 9.84 Å². The number of para-hydroxylation sites is 1. The van der Waals surface area contributed by atoms with E-state index in [4.69, 9.17) is 21.4 Å². The number of carbonyl (C=O) groups is 1. The number of thiophene rings is 1. The minimum atomic E-state index is -0.705. The summed E-state index contributed by atoms with van der Waals surface area (Å²) >= 11 is 8.23. The highest BCUT2D eigenvalue weighted by atomic mass is 35.5. The van der Waals surface area contributed by atoms with E-state index in [2.05, 4.69) is 27.4 Å². The minimum Gasteiger partial charge on any atom is -0.481 e. The van der Waals surface area contributed by atoms with Crippen molar-refractivity contribution in [1.82, 2.24) is 14.5 Å². The number of hydrogen-bond acceptors (Lipinski definition) is 5. The van der Waals surface area contributed by atoms with Crippen LogP contribution in [0.25, 0.3) is 16.3 Å². The molecule has 1 saturated heterocycles. The van der Waals surface area contributed by atoms with Crippen LogP contribution in [0.15, 0.2) is 67.1 Å². The van der Waals surface area contributed by atoms with E-state index < -0.39 is 5.97 Å². The molecule has 4 aromatic rings. The molecule has 0 amide bonds. The molecule has 0 bridgehead atoms. The van der Waals surface area contributed by atoms with Crippen LogP contribution in [-0.2, 0) is 17.8 Å². The second kappa shape index (κ2) is 9.62. The Hall–Kier alpha value is -3.13. The molecule has 0 spiro atoms. The lowest BCUT2D eigenvalue weighted by Gasteiger charge is -2.36. The quantitative estimate of drug-likeness (QED) is 0.320. The van der Waals surface area contributed by atoms with Crippen LogP contribution in [-0.4, -0.2) is 38.6 Å². The number of likely N-dealkylation sites (tertiary alicyclic amines) is 1. The van der Waals surface area contributed by atoms with E-state index in [0.717, 1.165) is 35.0 Å². The Morgan fingerprint density at radius 2 is 2.00 bits per heavy atom. The molecule has 1 aliphatic rings. The topological polar surface area (TPSA) is 67.6 Å². The molecule has 5 rings (SSSR count). The van der Waals surface area contributed by atoms with Gasteiger partial charge in [-0.1, -0.05) is 36.7 Å². The van der Waals surface area contributed by atoms with Gasteiger partial charge in [0.25, 0.3) is 0 Å². The largest absolute Gasteiger partial charge is 0.481 e. The van der Waals surface area contributed by atoms with Crippen molar-refractivity contribution in [3.8, 4) is 27.8 Å². The van der Waals surface area contributed by atoms with E-state index in [1.165, 1.54) is 10.4 Å². The van der Waals surface area contributed by atoms with E-state index in [1.807, 2.05) is 61.1 Å². The van der Waals surface area contributed by atoms with Gasteiger partial charge in [0, 0.05) is 36.3 Å². The van der Waals surface area contributed by atoms with Gasteiger partial charge in [0.15, 0.2) is 0 Å². The monoisotopic (exact) mass is 493 g/mol. The number of hydrogen-bond donors (Lipinski definition) is 1. The van der Waals surface area contributed by atoms with Crippen molar-refractivity contribution < 1.29 is 14.6 Å².